The van der Waals surface area contributed by atoms with Crippen LogP contribution >= 0.6 is 45.3 Å². The summed E-state index contributed by atoms with van der Waals surface area (Å²) in [6, 6.07) is 87.1. The number of methoxy groups -OCH3 is 2. The summed E-state index contributed by atoms with van der Waals surface area (Å²) >= 11 is 6.84. The van der Waals surface area contributed by atoms with E-state index < -0.39 is 23.9 Å². The molecule has 0 aliphatic rings. The first-order valence-electron chi connectivity index (χ1n) is 44.3. The Morgan fingerprint density at radius 3 is 0.737 bits per heavy atom. The van der Waals surface area contributed by atoms with Gasteiger partial charge in [-0.3, -0.25) is 9.59 Å². The zero-order valence-electron chi connectivity index (χ0n) is 75.4. The van der Waals surface area contributed by atoms with Gasteiger partial charge in [-0.1, -0.05) is 165 Å². The molecule has 4 aromatic heterocycles. The highest BCUT2D eigenvalue weighted by atomic mass is 32.1. The van der Waals surface area contributed by atoms with Gasteiger partial charge in [0.05, 0.1) is 36.5 Å². The standard InChI is InChI=1S/C60H46O8S2.C54H26O4S2.2CO2.CH4.H2/c1-37-29-31-69-57(37)47-21-13-43(14-22-47)53-51(41-9-5-39(6-10-41)33-67-35-61)52(42-11-7-40(8-12-42)34-68-36-62)54(44-15-23-48(24-16-44)58-38(2)30-32-70-58)56(46-19-27-50(28-20-46)60(64)66-4)55(53)45-17-25-49(26-18-45)59(63)65-3;1-21-9-11-59-51(21)23-13-31-29-7-3-5-27-28-6-4-8-30-32-14-24(52-22(2)10-12-60-52)16-34-36-18-26(54(57)58)20-38-37-19-25(53(55)56)17-35-33(15-23)41(31)47-45(39(27)29)46(40(28)30)48(42(32)34)50(44(36)38)49(47)43(35)37;2*2-1-3;;/h5-32,35-36H,33-34H2,1-4H3;3-20H,1-2H3,(H,55,56)(H,57,58);;;1H4;1H/i;;;;;1+1D. The number of ether oxygens (including phenoxy) is 4. The molecule has 0 saturated carbocycles. The second-order valence-electron chi connectivity index (χ2n) is 33.8. The number of benzene rings is 20. The molecule has 0 saturated heterocycles. The maximum atomic E-state index is 13.2. The van der Waals surface area contributed by atoms with Crippen LogP contribution in [0, 0.1) is 27.7 Å². The van der Waals surface area contributed by atoms with Crippen LogP contribution in [0.15, 0.2) is 276 Å². The summed E-state index contributed by atoms with van der Waals surface area (Å²) in [5.41, 5.74) is 22.6. The zero-order chi connectivity index (χ0) is 95.9. The molecule has 24 aromatic rings. The van der Waals surface area contributed by atoms with Gasteiger partial charge in [-0.2, -0.15) is 19.2 Å². The van der Waals surface area contributed by atoms with Crippen molar-refractivity contribution in [3.05, 3.63) is 332 Å². The molecule has 20 heteroatoms. The van der Waals surface area contributed by atoms with E-state index in [9.17, 15) is 39.0 Å². The minimum atomic E-state index is -1.02. The molecule has 0 fully saturated rings. The van der Waals surface area contributed by atoms with Gasteiger partial charge in [0, 0.05) is 22.5 Å². The van der Waals surface area contributed by atoms with Crippen molar-refractivity contribution < 1.29 is 80.1 Å². The number of hydrogen-bond acceptors (Lipinski definition) is 18. The topological polar surface area (TPSA) is 248 Å². The molecule has 0 radical (unpaired) electrons. The summed E-state index contributed by atoms with van der Waals surface area (Å²) in [5.74, 6) is -2.94. The second-order valence-corrected chi connectivity index (χ2v) is 37.4. The highest BCUT2D eigenvalue weighted by Gasteiger charge is 2.36. The lowest BCUT2D eigenvalue weighted by molar-refractivity contribution is -0.193. The number of carbonyl (C=O) groups excluding carboxylic acids is 8. The number of aromatic carboxylic acids is 2. The van der Waals surface area contributed by atoms with Crippen LogP contribution in [0.25, 0.3) is 238 Å². The first-order chi connectivity index (χ1) is 67.3. The molecule has 16 nitrogen and oxygen atoms in total. The molecule has 0 amide bonds. The summed E-state index contributed by atoms with van der Waals surface area (Å²) in [6.45, 7) is 9.64. The third kappa shape index (κ3) is 14.3. The monoisotopic (exact) mass is 1870 g/mol. The van der Waals surface area contributed by atoms with Crippen LogP contribution in [0.5, 0.6) is 0 Å². The number of carboxylic acids is 2. The number of carbonyl (C=O) groups is 6. The van der Waals surface area contributed by atoms with E-state index in [0.717, 1.165) is 176 Å². The number of aryl methyl sites for hydroxylation is 4. The van der Waals surface area contributed by atoms with Crippen LogP contribution < -0.4 is 0 Å². The van der Waals surface area contributed by atoms with Crippen LogP contribution in [-0.2, 0) is 60.9 Å². The Kier molecular flexibility index (Phi) is 22.5. The number of hydrogen-bond donors (Lipinski definition) is 2. The molecule has 0 spiro atoms. The summed E-state index contributed by atoms with van der Waals surface area (Å²) in [5, 5.41) is 56.5. The average Bonchev–Trinajstić information content (AvgIpc) is 0.766. The van der Waals surface area contributed by atoms with Crippen LogP contribution in [0.3, 0.4) is 0 Å². The summed E-state index contributed by atoms with van der Waals surface area (Å²) in [6.07, 6.45) is 0.500. The fraction of sp³-hybridized carbons (Fsp3) is 0.0769. The number of thiophene rings is 4. The van der Waals surface area contributed by atoms with Gasteiger partial charge in [0.2, 0.25) is 0 Å². The van der Waals surface area contributed by atoms with Crippen molar-refractivity contribution in [2.45, 2.75) is 48.3 Å². The maximum Gasteiger partial charge on any atom is 0.373 e. The molecular weight excluding hydrogens is 1790 g/mol. The van der Waals surface area contributed by atoms with E-state index in [2.05, 4.69) is 207 Å². The van der Waals surface area contributed by atoms with E-state index in [-0.39, 0.29) is 44.1 Å². The van der Waals surface area contributed by atoms with Crippen molar-refractivity contribution in [2.75, 3.05) is 14.2 Å². The van der Waals surface area contributed by atoms with E-state index in [4.69, 9.17) is 41.1 Å². The zero-order valence-corrected chi connectivity index (χ0v) is 76.6. The highest BCUT2D eigenvalue weighted by molar-refractivity contribution is 7.14. The van der Waals surface area contributed by atoms with Crippen LogP contribution in [0.2, 0.25) is 0 Å². The Morgan fingerprint density at radius 2 is 0.504 bits per heavy atom. The van der Waals surface area contributed by atoms with Gasteiger partial charge in [0.1, 0.15) is 13.2 Å². The number of fused-ring (bicyclic) bond motifs is 6. The molecule has 0 aliphatic heterocycles. The molecule has 2 N–H and O–H groups in total. The van der Waals surface area contributed by atoms with Crippen molar-refractivity contribution in [1.82, 2.24) is 0 Å². The largest absolute Gasteiger partial charge is 0.478 e. The Hall–Kier alpha value is -16.5. The Labute approximate surface area is 801 Å². The van der Waals surface area contributed by atoms with Crippen LogP contribution in [0.4, 0.5) is 0 Å². The molecule has 20 aromatic carbocycles. The van der Waals surface area contributed by atoms with E-state index in [1.807, 2.05) is 60.7 Å². The van der Waals surface area contributed by atoms with E-state index in [0.29, 0.717) is 24.1 Å². The highest BCUT2D eigenvalue weighted by Crippen LogP contribution is 2.63. The van der Waals surface area contributed by atoms with Gasteiger partial charge in [-0.25, -0.2) is 19.2 Å². The quantitative estimate of drug-likeness (QED) is 0.0237. The van der Waals surface area contributed by atoms with Gasteiger partial charge in [0.15, 0.2) is 0 Å². The molecule has 0 bridgehead atoms. The maximum absolute atomic E-state index is 13.2. The first kappa shape index (κ1) is 87.1. The molecule has 666 valence electrons. The number of carboxylic acid groups (broad SMARTS) is 2. The van der Waals surface area contributed by atoms with Crippen LogP contribution in [0.1, 0.15) is 85.2 Å². The molecule has 0 atom stereocenters. The predicted octanol–water partition coefficient (Wildman–Crippen LogP) is 30.0. The van der Waals surface area contributed by atoms with Crippen molar-refractivity contribution in [1.29, 1.82) is 0 Å². The van der Waals surface area contributed by atoms with Gasteiger partial charge in [0.25, 0.3) is 12.9 Å². The van der Waals surface area contributed by atoms with E-state index in [1.165, 1.54) is 110 Å². The first-order valence-corrected chi connectivity index (χ1v) is 46.8. The van der Waals surface area contributed by atoms with Crippen LogP contribution in [-0.4, -0.2) is 73.6 Å². The van der Waals surface area contributed by atoms with Crippen molar-refractivity contribution in [3.63, 3.8) is 0 Å². The third-order valence-electron chi connectivity index (χ3n) is 26.6. The summed E-state index contributed by atoms with van der Waals surface area (Å²) in [7, 11) is 2.73. The minimum Gasteiger partial charge on any atom is -0.478 e. The third-order valence-corrected chi connectivity index (χ3v) is 30.8. The fourth-order valence-electron chi connectivity index (χ4n) is 21.0. The molecule has 137 heavy (non-hydrogen) atoms. The lowest BCUT2D eigenvalue weighted by atomic mass is 9.73. The smallest absolute Gasteiger partial charge is 0.373 e. The van der Waals surface area contributed by atoms with Gasteiger partial charge >= 0.3 is 36.2 Å². The molecule has 0 unspecified atom stereocenters. The van der Waals surface area contributed by atoms with E-state index >= 15 is 0 Å². The number of esters is 2. The molecular formula is C117H78O16S4. The van der Waals surface area contributed by atoms with Crippen molar-refractivity contribution in [3.8, 4) is 109 Å². The number of rotatable bonds is 20. The van der Waals surface area contributed by atoms with E-state index in [1.54, 1.807) is 81.7 Å². The molecule has 4 heterocycles. The minimum absolute atomic E-state index is 0. The summed E-state index contributed by atoms with van der Waals surface area (Å²) < 4.78 is 30.7. The summed E-state index contributed by atoms with van der Waals surface area (Å²) in [4.78, 5) is 112. The second kappa shape index (κ2) is 35.4. The Bertz CT molecular complexity index is 8510. The SMILES string of the molecule is C.COC(=O)c1ccc(-c2c(-c3ccc(C(=O)OC)cc3)c(-c3ccc(-c4sccc4C)cc3)c(-c3ccc(COC=O)cc3)c(-c3ccc(COC=O)cc3)c2-c2ccc(-c3sccc3C)cc2)cc1.Cc1ccsc1-c1cc2c3cccc4c5cccc6c7cc(-c8sccc8C)cc8c9cc(C(=O)O)cc%10c%11cc(C(=O)O)cc%12c(c1)c2c1c(c43)c(c56)c(c78)c(c%109)c1c%11%12.O=C=O.O=C=O.[2H][2H]. The lowest BCUT2D eigenvalue weighted by Crippen LogP contribution is -2.04. The van der Waals surface area contributed by atoms with Crippen molar-refractivity contribution in [2.24, 2.45) is 0 Å². The average molecular weight is 1870 g/mol. The van der Waals surface area contributed by atoms with Gasteiger partial charge < -0.3 is 29.2 Å². The predicted molar refractivity (Wildman–Crippen MR) is 552 cm³/mol. The molecule has 24 rings (SSSR count). The van der Waals surface area contributed by atoms with Gasteiger partial charge in [-0.05, 0) is 398 Å². The Morgan fingerprint density at radius 1 is 0.292 bits per heavy atom. The van der Waals surface area contributed by atoms with Gasteiger partial charge in [-0.15, -0.1) is 45.3 Å². The lowest BCUT2D eigenvalue weighted by Gasteiger charge is -2.29. The fourth-order valence-corrected chi connectivity index (χ4v) is 24.7. The molecule has 0 aliphatic carbocycles. The normalized spacial score (nSPS) is 11.5. The Balaban J connectivity index is 0.000000165. The van der Waals surface area contributed by atoms with Crippen molar-refractivity contribution >= 4 is 224 Å².